The maximum absolute atomic E-state index is 12.1. The molecule has 0 aromatic rings. The number of aliphatic hydroxyl groups is 1. The lowest BCUT2D eigenvalue weighted by molar-refractivity contribution is -0.141. The molecule has 18 heavy (non-hydrogen) atoms. The van der Waals surface area contributed by atoms with Gasteiger partial charge in [0.2, 0.25) is 5.91 Å². The van der Waals surface area contributed by atoms with E-state index in [0.717, 1.165) is 19.3 Å². The summed E-state index contributed by atoms with van der Waals surface area (Å²) >= 11 is 0. The van der Waals surface area contributed by atoms with Crippen molar-refractivity contribution >= 4 is 11.9 Å². The zero-order chi connectivity index (χ0) is 13.5. The first kappa shape index (κ1) is 15.0. The van der Waals surface area contributed by atoms with Crippen molar-refractivity contribution < 1.29 is 19.8 Å². The highest BCUT2D eigenvalue weighted by molar-refractivity contribution is 5.80. The lowest BCUT2D eigenvalue weighted by Gasteiger charge is -2.21. The van der Waals surface area contributed by atoms with Gasteiger partial charge >= 0.3 is 5.97 Å². The van der Waals surface area contributed by atoms with Crippen LogP contribution in [0.1, 0.15) is 38.5 Å². The van der Waals surface area contributed by atoms with Crippen molar-refractivity contribution in [2.24, 2.45) is 11.8 Å². The molecule has 5 nitrogen and oxygen atoms in total. The SMILES string of the molecule is CN(CCCCCO)C(=O)[C@@H]1CC[C@H](C(=O)O)C1. The predicted octanol–water partition coefficient (Wildman–Crippen LogP) is 1.11. The van der Waals surface area contributed by atoms with Gasteiger partial charge in [-0.15, -0.1) is 0 Å². The number of carboxylic acid groups (broad SMARTS) is 1. The van der Waals surface area contributed by atoms with E-state index in [4.69, 9.17) is 10.2 Å². The fourth-order valence-electron chi connectivity index (χ4n) is 2.49. The lowest BCUT2D eigenvalue weighted by atomic mass is 10.0. The van der Waals surface area contributed by atoms with E-state index in [2.05, 4.69) is 0 Å². The Kier molecular flexibility index (Phi) is 6.12. The second-order valence-electron chi connectivity index (χ2n) is 5.09. The maximum Gasteiger partial charge on any atom is 0.306 e. The highest BCUT2D eigenvalue weighted by Crippen LogP contribution is 2.32. The number of carboxylic acids is 1. The number of amides is 1. The standard InChI is InChI=1S/C13H23NO4/c1-14(7-3-2-4-8-15)12(16)10-5-6-11(9-10)13(17)18/h10-11,15H,2-9H2,1H3,(H,17,18)/t10-,11+/m1/s1. The summed E-state index contributed by atoms with van der Waals surface area (Å²) in [7, 11) is 1.77. The number of aliphatic hydroxyl groups excluding tert-OH is 1. The first-order valence-corrected chi connectivity index (χ1v) is 6.65. The molecule has 1 fully saturated rings. The number of carbonyl (C=O) groups is 2. The van der Waals surface area contributed by atoms with Crippen molar-refractivity contribution in [1.82, 2.24) is 4.90 Å². The third-order valence-electron chi connectivity index (χ3n) is 3.66. The molecular weight excluding hydrogens is 234 g/mol. The van der Waals surface area contributed by atoms with Crippen molar-refractivity contribution in [2.75, 3.05) is 20.2 Å². The fraction of sp³-hybridized carbons (Fsp3) is 0.846. The first-order valence-electron chi connectivity index (χ1n) is 6.65. The van der Waals surface area contributed by atoms with E-state index < -0.39 is 5.97 Å². The number of hydrogen-bond donors (Lipinski definition) is 2. The molecule has 0 radical (unpaired) electrons. The van der Waals surface area contributed by atoms with Gasteiger partial charge in [-0.3, -0.25) is 9.59 Å². The largest absolute Gasteiger partial charge is 0.481 e. The molecule has 0 heterocycles. The molecule has 104 valence electrons. The molecule has 2 atom stereocenters. The van der Waals surface area contributed by atoms with Crippen LogP contribution in [0.4, 0.5) is 0 Å². The van der Waals surface area contributed by atoms with E-state index in [0.29, 0.717) is 25.8 Å². The summed E-state index contributed by atoms with van der Waals surface area (Å²) in [5.74, 6) is -1.17. The molecular formula is C13H23NO4. The van der Waals surface area contributed by atoms with Crippen molar-refractivity contribution in [3.63, 3.8) is 0 Å². The van der Waals surface area contributed by atoms with Crippen LogP contribution in [0.15, 0.2) is 0 Å². The van der Waals surface area contributed by atoms with Crippen LogP contribution in [0.25, 0.3) is 0 Å². The van der Waals surface area contributed by atoms with Gasteiger partial charge < -0.3 is 15.1 Å². The Balaban J connectivity index is 2.29. The second kappa shape index (κ2) is 7.36. The van der Waals surface area contributed by atoms with Crippen LogP contribution in [-0.4, -0.2) is 47.2 Å². The average molecular weight is 257 g/mol. The van der Waals surface area contributed by atoms with Gasteiger partial charge in [0.1, 0.15) is 0 Å². The molecule has 0 aromatic heterocycles. The number of aliphatic carboxylic acids is 1. The zero-order valence-electron chi connectivity index (χ0n) is 11.0. The van der Waals surface area contributed by atoms with Crippen molar-refractivity contribution in [1.29, 1.82) is 0 Å². The van der Waals surface area contributed by atoms with Crippen LogP contribution in [0.5, 0.6) is 0 Å². The monoisotopic (exact) mass is 257 g/mol. The van der Waals surface area contributed by atoms with Gasteiger partial charge in [-0.1, -0.05) is 0 Å². The van der Waals surface area contributed by atoms with Gasteiger partial charge in [0.25, 0.3) is 0 Å². The first-order chi connectivity index (χ1) is 8.56. The molecule has 2 N–H and O–H groups in total. The highest BCUT2D eigenvalue weighted by Gasteiger charge is 2.34. The molecule has 0 unspecified atom stereocenters. The highest BCUT2D eigenvalue weighted by atomic mass is 16.4. The Morgan fingerprint density at radius 3 is 2.39 bits per heavy atom. The van der Waals surface area contributed by atoms with E-state index in [9.17, 15) is 9.59 Å². The fourth-order valence-corrected chi connectivity index (χ4v) is 2.49. The van der Waals surface area contributed by atoms with E-state index >= 15 is 0 Å². The summed E-state index contributed by atoms with van der Waals surface area (Å²) in [5.41, 5.74) is 0. The van der Waals surface area contributed by atoms with Gasteiger partial charge in [-0.05, 0) is 38.5 Å². The van der Waals surface area contributed by atoms with E-state index in [1.807, 2.05) is 0 Å². The van der Waals surface area contributed by atoms with Crippen LogP contribution < -0.4 is 0 Å². The molecule has 1 rings (SSSR count). The number of hydrogen-bond acceptors (Lipinski definition) is 3. The third kappa shape index (κ3) is 4.29. The normalized spacial score (nSPS) is 23.0. The van der Waals surface area contributed by atoms with Crippen molar-refractivity contribution in [3.05, 3.63) is 0 Å². The van der Waals surface area contributed by atoms with Gasteiger partial charge in [0.05, 0.1) is 5.92 Å². The topological polar surface area (TPSA) is 77.8 Å². The maximum atomic E-state index is 12.1. The van der Waals surface area contributed by atoms with Crippen molar-refractivity contribution in [3.8, 4) is 0 Å². The Morgan fingerprint density at radius 1 is 1.17 bits per heavy atom. The Labute approximate surface area is 108 Å². The Morgan fingerprint density at radius 2 is 1.83 bits per heavy atom. The van der Waals surface area contributed by atoms with Crippen molar-refractivity contribution in [2.45, 2.75) is 38.5 Å². The number of rotatable bonds is 7. The van der Waals surface area contributed by atoms with E-state index in [-0.39, 0.29) is 24.3 Å². The molecule has 1 saturated carbocycles. The smallest absolute Gasteiger partial charge is 0.306 e. The molecule has 0 bridgehead atoms. The second-order valence-corrected chi connectivity index (χ2v) is 5.09. The van der Waals surface area contributed by atoms with Crippen LogP contribution in [0.3, 0.4) is 0 Å². The molecule has 1 amide bonds. The Hall–Kier alpha value is -1.10. The van der Waals surface area contributed by atoms with Gasteiger partial charge in [-0.2, -0.15) is 0 Å². The lowest BCUT2D eigenvalue weighted by Crippen LogP contribution is -2.33. The summed E-state index contributed by atoms with van der Waals surface area (Å²) in [6.45, 7) is 0.883. The molecule has 0 saturated heterocycles. The number of nitrogens with zero attached hydrogens (tertiary/aromatic N) is 1. The minimum Gasteiger partial charge on any atom is -0.481 e. The molecule has 0 spiro atoms. The molecule has 0 aromatic carbocycles. The van der Waals surface area contributed by atoms with Gasteiger partial charge in [0.15, 0.2) is 0 Å². The summed E-state index contributed by atoms with van der Waals surface area (Å²) in [6, 6.07) is 0. The summed E-state index contributed by atoms with van der Waals surface area (Å²) in [5, 5.41) is 17.6. The number of unbranched alkanes of at least 4 members (excludes halogenated alkanes) is 2. The minimum atomic E-state index is -0.782. The van der Waals surface area contributed by atoms with E-state index in [1.54, 1.807) is 11.9 Å². The van der Waals surface area contributed by atoms with Gasteiger partial charge in [0, 0.05) is 26.1 Å². The Bertz CT molecular complexity index is 293. The van der Waals surface area contributed by atoms with Crippen LogP contribution >= 0.6 is 0 Å². The quantitative estimate of drug-likeness (QED) is 0.670. The molecule has 5 heteroatoms. The summed E-state index contributed by atoms with van der Waals surface area (Å²) < 4.78 is 0. The molecule has 1 aliphatic carbocycles. The van der Waals surface area contributed by atoms with Crippen LogP contribution in [-0.2, 0) is 9.59 Å². The molecule has 1 aliphatic rings. The van der Waals surface area contributed by atoms with E-state index in [1.165, 1.54) is 0 Å². The minimum absolute atomic E-state index is 0.0720. The zero-order valence-corrected chi connectivity index (χ0v) is 11.0. The summed E-state index contributed by atoms with van der Waals surface area (Å²) in [6.07, 6.45) is 4.36. The average Bonchev–Trinajstić information content (AvgIpc) is 2.83. The van der Waals surface area contributed by atoms with Crippen LogP contribution in [0.2, 0.25) is 0 Å². The molecule has 0 aliphatic heterocycles. The van der Waals surface area contributed by atoms with Crippen LogP contribution in [0, 0.1) is 11.8 Å². The predicted molar refractivity (Wildman–Crippen MR) is 67.0 cm³/mol. The number of carbonyl (C=O) groups excluding carboxylic acids is 1. The van der Waals surface area contributed by atoms with Gasteiger partial charge in [-0.25, -0.2) is 0 Å². The summed E-state index contributed by atoms with van der Waals surface area (Å²) in [4.78, 5) is 24.6. The third-order valence-corrected chi connectivity index (χ3v) is 3.66.